The van der Waals surface area contributed by atoms with Gasteiger partial charge in [0.25, 0.3) is 0 Å². The lowest BCUT2D eigenvalue weighted by atomic mass is 9.93. The largest absolute Gasteiger partial charge is 0.496 e. The number of hydrogen-bond acceptors (Lipinski definition) is 15. The molecule has 0 aliphatic carbocycles. The van der Waals surface area contributed by atoms with Crippen molar-refractivity contribution in [3.8, 4) is 17.2 Å². The number of thioether (sulfide) groups is 3. The van der Waals surface area contributed by atoms with E-state index in [1.54, 1.807) is 70.4 Å². The number of ether oxygens (including phenoxy) is 3. The number of carbonyl (C=O) groups excluding carboxylic acids is 3. The number of halogens is 3. The molecule has 0 aliphatic heterocycles. The molecule has 486 valence electrons. The van der Waals surface area contributed by atoms with Crippen molar-refractivity contribution in [3.63, 3.8) is 0 Å². The number of benzene rings is 6. The van der Waals surface area contributed by atoms with Gasteiger partial charge < -0.3 is 28.7 Å². The summed E-state index contributed by atoms with van der Waals surface area (Å²) in [4.78, 5) is 61.9. The summed E-state index contributed by atoms with van der Waals surface area (Å²) in [7, 11) is 8.93. The molecule has 0 aromatic heterocycles. The normalized spacial score (nSPS) is 11.7. The van der Waals surface area contributed by atoms with Gasteiger partial charge in [0.2, 0.25) is 21.3 Å². The number of unbranched alkanes of at least 4 members (excludes halogenated alkanes) is 3. The van der Waals surface area contributed by atoms with Crippen molar-refractivity contribution in [1.82, 2.24) is 0 Å². The van der Waals surface area contributed by atoms with Crippen LogP contribution in [-0.4, -0.2) is 93.1 Å². The van der Waals surface area contributed by atoms with Crippen molar-refractivity contribution in [3.05, 3.63) is 228 Å². The molecule has 0 aliphatic rings. The predicted octanol–water partition coefficient (Wildman–Crippen LogP) is 20.3. The van der Waals surface area contributed by atoms with Crippen molar-refractivity contribution in [2.75, 3.05) is 61.4 Å². The van der Waals surface area contributed by atoms with Crippen LogP contribution in [0.3, 0.4) is 0 Å². The van der Waals surface area contributed by atoms with E-state index in [0.717, 1.165) is 128 Å². The zero-order chi connectivity index (χ0) is 68.4. The molecule has 0 atom stereocenters. The van der Waals surface area contributed by atoms with Crippen LogP contribution in [0.15, 0.2) is 143 Å². The SMILES string of the molecule is [C-]#[N+]c1ccc(/C(=C/CCC/C(Cl)=N/OC)c2cc(C)c(OC)c(C(=O)SC)c2)cc1.[C-]#[N+]c1ccc(/C(=C/CCC/C(F)=N/OC)c2cc(C)c(OC)c(C(=O)SC)c2)cc1.[C-]#[N+]c1cccc(/C(=C/CCC/C(Cl)=N/OC)c2cc(C)c(OC)c(C(=O)SC)c2)c1. The molecule has 0 spiro atoms. The molecule has 0 fully saturated rings. The molecule has 15 nitrogen and oxygen atoms in total. The lowest BCUT2D eigenvalue weighted by Gasteiger charge is -2.16. The third-order valence-electron chi connectivity index (χ3n) is 13.9. The van der Waals surface area contributed by atoms with Crippen molar-refractivity contribution in [1.29, 1.82) is 0 Å². The van der Waals surface area contributed by atoms with E-state index < -0.39 is 5.97 Å². The van der Waals surface area contributed by atoms with Gasteiger partial charge in [-0.05, 0) is 187 Å². The highest BCUT2D eigenvalue weighted by atomic mass is 35.5. The molecule has 93 heavy (non-hydrogen) atoms. The summed E-state index contributed by atoms with van der Waals surface area (Å²) < 4.78 is 29.9. The van der Waals surface area contributed by atoms with Crippen LogP contribution < -0.4 is 14.2 Å². The smallest absolute Gasteiger partial charge is 0.226 e. The molecule has 6 rings (SSSR count). The van der Waals surface area contributed by atoms with Gasteiger partial charge in [-0.25, -0.2) is 14.5 Å². The molecular weight excluding hydrogens is 1280 g/mol. The average molecular weight is 1350 g/mol. The Hall–Kier alpha value is -8.61. The van der Waals surface area contributed by atoms with Gasteiger partial charge in [-0.15, -0.1) is 0 Å². The van der Waals surface area contributed by atoms with Gasteiger partial charge in [0.1, 0.15) is 48.9 Å². The minimum absolute atomic E-state index is 0.0490. The van der Waals surface area contributed by atoms with Crippen LogP contribution in [0.1, 0.15) is 139 Å². The zero-order valence-corrected chi connectivity index (χ0v) is 58.2. The Labute approximate surface area is 568 Å². The first-order valence-corrected chi connectivity index (χ1v) is 33.4. The number of nitrogens with zero attached hydrogens (tertiary/aromatic N) is 6. The van der Waals surface area contributed by atoms with E-state index >= 15 is 0 Å². The molecule has 6 aromatic rings. The molecule has 0 heterocycles. The number of rotatable bonds is 27. The highest BCUT2D eigenvalue weighted by molar-refractivity contribution is 8.14. The first-order valence-electron chi connectivity index (χ1n) is 29.0. The van der Waals surface area contributed by atoms with Crippen LogP contribution in [0.5, 0.6) is 17.2 Å². The second kappa shape index (κ2) is 41.1. The number of carbonyl (C=O) groups is 3. The van der Waals surface area contributed by atoms with Crippen molar-refractivity contribution >= 4 is 124 Å². The van der Waals surface area contributed by atoms with Crippen molar-refractivity contribution in [2.24, 2.45) is 15.5 Å². The van der Waals surface area contributed by atoms with Crippen molar-refractivity contribution < 1.29 is 47.5 Å². The Morgan fingerprint density at radius 1 is 0.452 bits per heavy atom. The molecule has 0 bridgehead atoms. The minimum Gasteiger partial charge on any atom is -0.496 e. The molecule has 0 radical (unpaired) electrons. The van der Waals surface area contributed by atoms with E-state index in [4.69, 9.17) is 66.8 Å². The summed E-state index contributed by atoms with van der Waals surface area (Å²) in [6.45, 7) is 27.5. The Kier molecular flexibility index (Phi) is 33.9. The van der Waals surface area contributed by atoms with Gasteiger partial charge in [-0.2, -0.15) is 4.39 Å². The summed E-state index contributed by atoms with van der Waals surface area (Å²) in [6, 6.07) is 33.7. The van der Waals surface area contributed by atoms with Crippen LogP contribution >= 0.6 is 58.5 Å². The molecule has 0 N–H and O–H groups in total. The van der Waals surface area contributed by atoms with E-state index in [-0.39, 0.29) is 21.8 Å². The van der Waals surface area contributed by atoms with Gasteiger partial charge in [0, 0.05) is 19.3 Å². The summed E-state index contributed by atoms with van der Waals surface area (Å²) >= 11 is 15.5. The van der Waals surface area contributed by atoms with Gasteiger partial charge in [-0.1, -0.05) is 159 Å². The third-order valence-corrected chi connectivity index (χ3v) is 16.2. The third kappa shape index (κ3) is 23.5. The molecule has 0 amide bonds. The predicted molar refractivity (Wildman–Crippen MR) is 384 cm³/mol. The van der Waals surface area contributed by atoms with E-state index in [1.165, 1.54) is 21.3 Å². The topological polar surface area (TPSA) is 157 Å². The highest BCUT2D eigenvalue weighted by Gasteiger charge is 2.21. The van der Waals surface area contributed by atoms with Gasteiger partial charge in [0.15, 0.2) is 17.1 Å². The summed E-state index contributed by atoms with van der Waals surface area (Å²) in [5.41, 5.74) is 14.2. The Morgan fingerprint density at radius 3 is 1.10 bits per heavy atom. The van der Waals surface area contributed by atoms with Crippen LogP contribution in [-0.2, 0) is 14.5 Å². The number of aryl methyl sites for hydroxylation is 3. The summed E-state index contributed by atoms with van der Waals surface area (Å²) in [5, 5.41) is 11.4. The summed E-state index contributed by atoms with van der Waals surface area (Å²) in [5.74, 6) is 1.18. The van der Waals surface area contributed by atoms with Crippen molar-refractivity contribution in [2.45, 2.75) is 78.6 Å². The molecule has 0 saturated heterocycles. The fourth-order valence-electron chi connectivity index (χ4n) is 9.68. The van der Waals surface area contributed by atoms with Gasteiger partial charge in [0.05, 0.1) is 57.7 Å². The Morgan fingerprint density at radius 2 is 0.785 bits per heavy atom. The molecule has 6 aromatic carbocycles. The standard InChI is InChI=1S/2C24H25ClN2O3S.C24H25FN2O3S/c1-16-13-18(15-21(23(16)29-3)24(28)31-5)20(11-6-7-12-22(25)27-30-4)17-9-8-10-19(14-17)26-2;2*1-16-14-18(15-21(23(16)29-3)24(28)31-5)20(8-6-7-9-22(25)27-30-4)17-10-12-19(26-2)13-11-17/h8-11,13-15H,6-7,12H2,1,3-5H3;2*8,10-15H,6-7,9H2,1,3-5H3/b20-11-,27-22-;2*20-8-,27-22-. The Bertz CT molecular complexity index is 3720. The fraction of sp³-hybridized carbons (Fsp3) is 0.292. The lowest BCUT2D eigenvalue weighted by Crippen LogP contribution is -2.02. The number of methoxy groups -OCH3 is 3. The van der Waals surface area contributed by atoms with E-state index in [1.807, 2.05) is 106 Å². The summed E-state index contributed by atoms with van der Waals surface area (Å²) in [6.07, 6.45) is 17.1. The first-order chi connectivity index (χ1) is 44.8. The van der Waals surface area contributed by atoms with Crippen LogP contribution in [0, 0.1) is 40.5 Å². The maximum absolute atomic E-state index is 13.5. The van der Waals surface area contributed by atoms with Crippen LogP contribution in [0.4, 0.5) is 21.5 Å². The molecule has 21 heteroatoms. The highest BCUT2D eigenvalue weighted by Crippen LogP contribution is 2.38. The van der Waals surface area contributed by atoms with E-state index in [0.29, 0.717) is 87.0 Å². The van der Waals surface area contributed by atoms with E-state index in [2.05, 4.69) is 47.0 Å². The second-order valence-corrected chi connectivity index (χ2v) is 23.3. The zero-order valence-electron chi connectivity index (χ0n) is 54.2. The van der Waals surface area contributed by atoms with Crippen LogP contribution in [0.25, 0.3) is 31.3 Å². The van der Waals surface area contributed by atoms with Crippen LogP contribution in [0.2, 0.25) is 0 Å². The molecule has 0 unspecified atom stereocenters. The number of hydrogen-bond donors (Lipinski definition) is 0. The van der Waals surface area contributed by atoms with E-state index in [9.17, 15) is 18.8 Å². The maximum atomic E-state index is 13.5. The quantitative estimate of drug-likeness (QED) is 0.0208. The average Bonchev–Trinajstić information content (AvgIpc) is 0.833. The number of allylic oxidation sites excluding steroid dienone is 3. The molecular formula is C72H75Cl2FN6O9S3. The Balaban J connectivity index is 0.000000297. The second-order valence-electron chi connectivity index (χ2n) is 20.1. The molecule has 0 saturated carbocycles. The fourth-order valence-corrected chi connectivity index (χ4v) is 11.2. The lowest BCUT2D eigenvalue weighted by molar-refractivity contribution is 0.107. The monoisotopic (exact) mass is 1350 g/mol. The maximum Gasteiger partial charge on any atom is 0.226 e. The van der Waals surface area contributed by atoms with Gasteiger partial charge >= 0.3 is 0 Å². The van der Waals surface area contributed by atoms with Gasteiger partial charge in [-0.3, -0.25) is 14.4 Å². The minimum atomic E-state index is -0.549. The number of oxime groups is 3. The first kappa shape index (κ1) is 76.8.